The summed E-state index contributed by atoms with van der Waals surface area (Å²) in [6.07, 6.45) is 3.33. The van der Waals surface area contributed by atoms with Crippen LogP contribution >= 0.6 is 11.6 Å². The highest BCUT2D eigenvalue weighted by Gasteiger charge is 2.54. The molecule has 1 heterocycles. The van der Waals surface area contributed by atoms with E-state index in [1.165, 1.54) is 0 Å². The first-order valence-electron chi connectivity index (χ1n) is 7.78. The molecule has 0 radical (unpaired) electrons. The monoisotopic (exact) mass is 323 g/mol. The maximum Gasteiger partial charge on any atom is 0.348 e. The second-order valence-electron chi connectivity index (χ2n) is 7.16. The molecule has 0 amide bonds. The maximum absolute atomic E-state index is 11.4. The molecule has 1 N–H and O–H groups in total. The summed E-state index contributed by atoms with van der Waals surface area (Å²) in [5.41, 5.74) is 0.268. The summed E-state index contributed by atoms with van der Waals surface area (Å²) in [7, 11) is 0. The Balaban J connectivity index is 1.84. The van der Waals surface area contributed by atoms with E-state index in [-0.39, 0.29) is 0 Å². The second-order valence-corrected chi connectivity index (χ2v) is 7.60. The van der Waals surface area contributed by atoms with Crippen molar-refractivity contribution in [2.75, 3.05) is 18.0 Å². The van der Waals surface area contributed by atoms with Crippen LogP contribution < -0.4 is 9.64 Å². The summed E-state index contributed by atoms with van der Waals surface area (Å²) in [6, 6.07) is 5.51. The van der Waals surface area contributed by atoms with E-state index in [0.29, 0.717) is 29.0 Å². The first-order valence-corrected chi connectivity index (χ1v) is 8.16. The molecular weight excluding hydrogens is 302 g/mol. The van der Waals surface area contributed by atoms with E-state index in [9.17, 15) is 9.90 Å². The van der Waals surface area contributed by atoms with E-state index in [1.807, 2.05) is 12.1 Å². The third kappa shape index (κ3) is 3.02. The van der Waals surface area contributed by atoms with Crippen LogP contribution in [0.1, 0.15) is 39.5 Å². The molecule has 1 saturated carbocycles. The summed E-state index contributed by atoms with van der Waals surface area (Å²) < 4.78 is 5.87. The number of carbonyl (C=O) groups is 1. The van der Waals surface area contributed by atoms with Crippen molar-refractivity contribution in [2.45, 2.75) is 45.1 Å². The number of nitrogens with zero attached hydrogens (tertiary/aromatic N) is 1. The molecule has 1 aromatic rings. The van der Waals surface area contributed by atoms with Crippen LogP contribution in [0.5, 0.6) is 5.75 Å². The Morgan fingerprint density at radius 2 is 1.86 bits per heavy atom. The number of hydrogen-bond donors (Lipinski definition) is 1. The highest BCUT2D eigenvalue weighted by molar-refractivity contribution is 6.30. The molecular formula is C17H22ClNO3. The van der Waals surface area contributed by atoms with Crippen molar-refractivity contribution in [2.24, 2.45) is 5.41 Å². The fourth-order valence-corrected chi connectivity index (χ4v) is 3.03. The van der Waals surface area contributed by atoms with E-state index >= 15 is 0 Å². The first-order chi connectivity index (χ1) is 10.3. The topological polar surface area (TPSA) is 49.8 Å². The van der Waals surface area contributed by atoms with Gasteiger partial charge < -0.3 is 14.7 Å². The molecule has 0 aromatic heterocycles. The van der Waals surface area contributed by atoms with Crippen LogP contribution in [0.25, 0.3) is 0 Å². The molecule has 4 nitrogen and oxygen atoms in total. The van der Waals surface area contributed by atoms with Gasteiger partial charge in [-0.25, -0.2) is 4.79 Å². The van der Waals surface area contributed by atoms with Crippen molar-refractivity contribution in [3.63, 3.8) is 0 Å². The van der Waals surface area contributed by atoms with Crippen LogP contribution in [0.4, 0.5) is 5.69 Å². The number of hydrogen-bond acceptors (Lipinski definition) is 3. The number of anilines is 1. The zero-order chi connectivity index (χ0) is 16.0. The van der Waals surface area contributed by atoms with Crippen molar-refractivity contribution in [3.8, 4) is 5.75 Å². The molecule has 5 heteroatoms. The smallest absolute Gasteiger partial charge is 0.348 e. The van der Waals surface area contributed by atoms with E-state index in [4.69, 9.17) is 16.3 Å². The standard InChI is InChI=1S/C17H22ClNO3/c1-16(2)7-9-19(10-8-16)13-4-3-12(18)11-14(13)22-17(5-6-17)15(20)21/h3-4,11H,5-10H2,1-2H3,(H,20,21). The van der Waals surface area contributed by atoms with Gasteiger partial charge >= 0.3 is 5.97 Å². The summed E-state index contributed by atoms with van der Waals surface area (Å²) in [5.74, 6) is -0.301. The van der Waals surface area contributed by atoms with Gasteiger partial charge in [-0.15, -0.1) is 0 Å². The third-order valence-electron chi connectivity index (χ3n) is 4.78. The minimum absolute atomic E-state index is 0.364. The number of ether oxygens (including phenoxy) is 1. The van der Waals surface area contributed by atoms with Crippen LogP contribution in [0, 0.1) is 5.41 Å². The summed E-state index contributed by atoms with van der Waals surface area (Å²) >= 11 is 6.08. The van der Waals surface area contributed by atoms with Crippen molar-refractivity contribution in [1.82, 2.24) is 0 Å². The number of benzene rings is 1. The van der Waals surface area contributed by atoms with E-state index in [1.54, 1.807) is 6.07 Å². The van der Waals surface area contributed by atoms with E-state index in [0.717, 1.165) is 31.6 Å². The SMILES string of the molecule is CC1(C)CCN(c2ccc(Cl)cc2OC2(C(=O)O)CC2)CC1. The lowest BCUT2D eigenvalue weighted by molar-refractivity contribution is -0.147. The number of aliphatic carboxylic acids is 1. The minimum Gasteiger partial charge on any atom is -0.478 e. The minimum atomic E-state index is -1.05. The van der Waals surface area contributed by atoms with Gasteiger partial charge in [0.05, 0.1) is 5.69 Å². The van der Waals surface area contributed by atoms with Gasteiger partial charge in [-0.05, 0) is 30.4 Å². The van der Waals surface area contributed by atoms with Gasteiger partial charge in [-0.2, -0.15) is 0 Å². The molecule has 1 aliphatic heterocycles. The lowest BCUT2D eigenvalue weighted by Gasteiger charge is -2.39. The van der Waals surface area contributed by atoms with Crippen molar-refractivity contribution >= 4 is 23.3 Å². The fourth-order valence-electron chi connectivity index (χ4n) is 2.87. The Labute approximate surface area is 136 Å². The molecule has 0 bridgehead atoms. The van der Waals surface area contributed by atoms with Crippen LogP contribution in [0.2, 0.25) is 5.02 Å². The Morgan fingerprint density at radius 3 is 2.41 bits per heavy atom. The molecule has 1 aliphatic carbocycles. The third-order valence-corrected chi connectivity index (χ3v) is 5.01. The van der Waals surface area contributed by atoms with Gasteiger partial charge in [0, 0.05) is 37.0 Å². The van der Waals surface area contributed by atoms with Gasteiger partial charge in [0.15, 0.2) is 0 Å². The molecule has 1 saturated heterocycles. The Kier molecular flexibility index (Phi) is 3.76. The molecule has 0 spiro atoms. The molecule has 2 aliphatic rings. The Hall–Kier alpha value is -1.42. The number of piperidine rings is 1. The highest BCUT2D eigenvalue weighted by atomic mass is 35.5. The van der Waals surface area contributed by atoms with Gasteiger partial charge in [0.2, 0.25) is 5.60 Å². The number of carboxylic acids is 1. The van der Waals surface area contributed by atoms with Gasteiger partial charge in [-0.1, -0.05) is 25.4 Å². The van der Waals surface area contributed by atoms with Gasteiger partial charge in [0.1, 0.15) is 5.75 Å². The lowest BCUT2D eigenvalue weighted by Crippen LogP contribution is -2.38. The molecule has 0 unspecified atom stereocenters. The summed E-state index contributed by atoms with van der Waals surface area (Å²) in [4.78, 5) is 13.6. The summed E-state index contributed by atoms with van der Waals surface area (Å²) in [6.45, 7) is 6.47. The molecule has 0 atom stereocenters. The van der Waals surface area contributed by atoms with Crippen molar-refractivity contribution in [1.29, 1.82) is 0 Å². The molecule has 120 valence electrons. The molecule has 2 fully saturated rings. The zero-order valence-corrected chi connectivity index (χ0v) is 13.8. The van der Waals surface area contributed by atoms with Crippen LogP contribution in [0.3, 0.4) is 0 Å². The number of carboxylic acid groups (broad SMARTS) is 1. The second kappa shape index (κ2) is 5.34. The lowest BCUT2D eigenvalue weighted by atomic mass is 9.82. The van der Waals surface area contributed by atoms with Gasteiger partial charge in [0.25, 0.3) is 0 Å². The molecule has 22 heavy (non-hydrogen) atoms. The summed E-state index contributed by atoms with van der Waals surface area (Å²) in [5, 5.41) is 9.90. The normalized spacial score (nSPS) is 22.2. The van der Waals surface area contributed by atoms with Crippen LogP contribution in [-0.2, 0) is 4.79 Å². The maximum atomic E-state index is 11.4. The van der Waals surface area contributed by atoms with Gasteiger partial charge in [-0.3, -0.25) is 0 Å². The average Bonchev–Trinajstić information content (AvgIpc) is 3.21. The van der Waals surface area contributed by atoms with Crippen molar-refractivity contribution in [3.05, 3.63) is 23.2 Å². The molecule has 1 aromatic carbocycles. The first kappa shape index (κ1) is 15.5. The fraction of sp³-hybridized carbons (Fsp3) is 0.588. The number of halogens is 1. The zero-order valence-electron chi connectivity index (χ0n) is 13.1. The van der Waals surface area contributed by atoms with E-state index in [2.05, 4.69) is 18.7 Å². The number of rotatable bonds is 4. The average molecular weight is 324 g/mol. The van der Waals surface area contributed by atoms with Crippen LogP contribution in [0.15, 0.2) is 18.2 Å². The highest BCUT2D eigenvalue weighted by Crippen LogP contribution is 2.45. The predicted octanol–water partition coefficient (Wildman–Crippen LogP) is 3.96. The van der Waals surface area contributed by atoms with E-state index < -0.39 is 11.6 Å². The predicted molar refractivity (Wildman–Crippen MR) is 86.9 cm³/mol. The van der Waals surface area contributed by atoms with Crippen LogP contribution in [-0.4, -0.2) is 29.8 Å². The quantitative estimate of drug-likeness (QED) is 0.911. The Morgan fingerprint density at radius 1 is 1.23 bits per heavy atom. The Bertz CT molecular complexity index is 586. The molecule has 3 rings (SSSR count). The van der Waals surface area contributed by atoms with Crippen molar-refractivity contribution < 1.29 is 14.6 Å². The largest absolute Gasteiger partial charge is 0.478 e.